The first-order valence-corrected chi connectivity index (χ1v) is 4.59. The quantitative estimate of drug-likeness (QED) is 0.739. The maximum Gasteiger partial charge on any atom is 0.288 e. The zero-order valence-electron chi connectivity index (χ0n) is 7.70. The third kappa shape index (κ3) is 2.22. The van der Waals surface area contributed by atoms with Crippen molar-refractivity contribution in [2.45, 2.75) is 19.8 Å². The Kier molecular flexibility index (Phi) is 3.32. The summed E-state index contributed by atoms with van der Waals surface area (Å²) in [6.45, 7) is 3.92. The molecule has 0 unspecified atom stereocenters. The number of hydrogen-bond donors (Lipinski definition) is 1. The predicted octanol–water partition coefficient (Wildman–Crippen LogP) is 0.953. The maximum absolute atomic E-state index is 11.3. The first kappa shape index (κ1) is 10.1. The molecule has 1 rings (SSSR count). The van der Waals surface area contributed by atoms with Gasteiger partial charge in [-0.2, -0.15) is 0 Å². The molecule has 0 bridgehead atoms. The molecule has 0 fully saturated rings. The minimum atomic E-state index is -0.291. The van der Waals surface area contributed by atoms with E-state index < -0.39 is 0 Å². The number of carbonyl (C=O) groups is 1. The summed E-state index contributed by atoms with van der Waals surface area (Å²) in [6, 6.07) is 0. The first-order valence-electron chi connectivity index (χ1n) is 3.82. The molecule has 13 heavy (non-hydrogen) atoms. The van der Waals surface area contributed by atoms with Crippen LogP contribution in [0.3, 0.4) is 0 Å². The van der Waals surface area contributed by atoms with Gasteiger partial charge in [-0.05, 0) is 17.5 Å². The Hall–Kier alpha value is -1.01. The van der Waals surface area contributed by atoms with Gasteiger partial charge in [-0.25, -0.2) is 5.48 Å². The lowest BCUT2D eigenvalue weighted by atomic mass is 10.1. The van der Waals surface area contributed by atoms with Crippen molar-refractivity contribution in [1.29, 1.82) is 0 Å². The van der Waals surface area contributed by atoms with Gasteiger partial charge < -0.3 is 0 Å². The summed E-state index contributed by atoms with van der Waals surface area (Å²) >= 11 is 1.07. The Labute approximate surface area is 80.2 Å². The molecular weight excluding hydrogens is 190 g/mol. The number of hydroxylamine groups is 1. The van der Waals surface area contributed by atoms with Gasteiger partial charge in [-0.1, -0.05) is 18.3 Å². The van der Waals surface area contributed by atoms with Crippen LogP contribution >= 0.6 is 11.5 Å². The van der Waals surface area contributed by atoms with Crippen LogP contribution in [0.1, 0.15) is 35.1 Å². The van der Waals surface area contributed by atoms with Crippen LogP contribution in [0.2, 0.25) is 0 Å². The lowest BCUT2D eigenvalue weighted by Crippen LogP contribution is -2.22. The first-order chi connectivity index (χ1) is 6.16. The highest BCUT2D eigenvalue weighted by molar-refractivity contribution is 7.08. The summed E-state index contributed by atoms with van der Waals surface area (Å²) in [4.78, 5) is 16.4. The van der Waals surface area contributed by atoms with Gasteiger partial charge in [0.05, 0.1) is 12.8 Å². The number of aromatic nitrogens is 2. The molecule has 0 aliphatic carbocycles. The van der Waals surface area contributed by atoms with Gasteiger partial charge in [-0.3, -0.25) is 9.63 Å². The van der Waals surface area contributed by atoms with Crippen LogP contribution < -0.4 is 5.48 Å². The SMILES string of the molecule is CONC(=O)c1snnc1C(C)C. The molecule has 0 saturated carbocycles. The summed E-state index contributed by atoms with van der Waals surface area (Å²) in [5, 5.41) is 3.87. The smallest absolute Gasteiger partial charge is 0.277 e. The standard InChI is InChI=1S/C7H11N3O2S/c1-4(2)5-6(13-10-8-5)7(11)9-12-3/h4H,1-3H3,(H,9,11). The van der Waals surface area contributed by atoms with Gasteiger partial charge >= 0.3 is 0 Å². The molecule has 0 atom stereocenters. The highest BCUT2D eigenvalue weighted by Crippen LogP contribution is 2.19. The molecule has 0 aliphatic heterocycles. The van der Waals surface area contributed by atoms with Gasteiger partial charge in [0.1, 0.15) is 4.88 Å². The molecule has 0 spiro atoms. The van der Waals surface area contributed by atoms with Crippen molar-refractivity contribution in [2.75, 3.05) is 7.11 Å². The molecule has 1 aromatic rings. The second-order valence-corrected chi connectivity index (χ2v) is 3.53. The summed E-state index contributed by atoms with van der Waals surface area (Å²) in [6.07, 6.45) is 0. The molecule has 0 aliphatic rings. The largest absolute Gasteiger partial charge is 0.288 e. The van der Waals surface area contributed by atoms with Crippen LogP contribution in [0.4, 0.5) is 0 Å². The molecule has 0 radical (unpaired) electrons. The van der Waals surface area contributed by atoms with E-state index in [0.29, 0.717) is 10.6 Å². The van der Waals surface area contributed by atoms with Gasteiger partial charge in [0.25, 0.3) is 5.91 Å². The van der Waals surface area contributed by atoms with Crippen molar-refractivity contribution in [3.63, 3.8) is 0 Å². The molecule has 0 aromatic carbocycles. The van der Waals surface area contributed by atoms with Crippen molar-refractivity contribution in [3.05, 3.63) is 10.6 Å². The number of amides is 1. The van der Waals surface area contributed by atoms with E-state index in [-0.39, 0.29) is 11.8 Å². The van der Waals surface area contributed by atoms with E-state index in [9.17, 15) is 4.79 Å². The van der Waals surface area contributed by atoms with Gasteiger partial charge in [0, 0.05) is 0 Å². The fourth-order valence-electron chi connectivity index (χ4n) is 0.872. The second-order valence-electron chi connectivity index (χ2n) is 2.78. The Morgan fingerprint density at radius 3 is 2.85 bits per heavy atom. The fraction of sp³-hybridized carbons (Fsp3) is 0.571. The molecule has 72 valence electrons. The molecule has 1 heterocycles. The molecule has 6 heteroatoms. The van der Waals surface area contributed by atoms with E-state index in [1.807, 2.05) is 13.8 Å². The van der Waals surface area contributed by atoms with E-state index in [1.54, 1.807) is 0 Å². The van der Waals surface area contributed by atoms with E-state index in [2.05, 4.69) is 19.9 Å². The van der Waals surface area contributed by atoms with Crippen LogP contribution in [-0.4, -0.2) is 22.6 Å². The Bertz CT molecular complexity index is 298. The number of hydrogen-bond acceptors (Lipinski definition) is 5. The summed E-state index contributed by atoms with van der Waals surface area (Å²) in [5.41, 5.74) is 2.94. The summed E-state index contributed by atoms with van der Waals surface area (Å²) in [7, 11) is 1.39. The van der Waals surface area contributed by atoms with Gasteiger partial charge in [0.2, 0.25) is 0 Å². The van der Waals surface area contributed by atoms with E-state index in [4.69, 9.17) is 0 Å². The van der Waals surface area contributed by atoms with Gasteiger partial charge in [-0.15, -0.1) is 5.10 Å². The lowest BCUT2D eigenvalue weighted by molar-refractivity contribution is 0.0540. The lowest BCUT2D eigenvalue weighted by Gasteiger charge is -2.02. The zero-order chi connectivity index (χ0) is 9.84. The van der Waals surface area contributed by atoms with E-state index in [1.165, 1.54) is 7.11 Å². The fourth-order valence-corrected chi connectivity index (χ4v) is 1.58. The van der Waals surface area contributed by atoms with Crippen LogP contribution in [0.25, 0.3) is 0 Å². The normalized spacial score (nSPS) is 10.5. The van der Waals surface area contributed by atoms with Crippen molar-refractivity contribution < 1.29 is 9.63 Å². The summed E-state index contributed by atoms with van der Waals surface area (Å²) in [5.74, 6) is -0.0995. The Morgan fingerprint density at radius 1 is 1.62 bits per heavy atom. The summed E-state index contributed by atoms with van der Waals surface area (Å²) < 4.78 is 3.72. The highest BCUT2D eigenvalue weighted by atomic mass is 32.1. The zero-order valence-corrected chi connectivity index (χ0v) is 8.51. The maximum atomic E-state index is 11.3. The van der Waals surface area contributed by atoms with E-state index >= 15 is 0 Å². The minimum Gasteiger partial charge on any atom is -0.277 e. The predicted molar refractivity (Wildman–Crippen MR) is 48.5 cm³/mol. The van der Waals surface area contributed by atoms with Crippen LogP contribution in [-0.2, 0) is 4.84 Å². The molecule has 1 aromatic heterocycles. The monoisotopic (exact) mass is 201 g/mol. The average molecular weight is 201 g/mol. The number of carbonyl (C=O) groups excluding carboxylic acids is 1. The highest BCUT2D eigenvalue weighted by Gasteiger charge is 2.18. The minimum absolute atomic E-state index is 0.191. The van der Waals surface area contributed by atoms with Crippen molar-refractivity contribution in [1.82, 2.24) is 15.1 Å². The average Bonchev–Trinajstić information content (AvgIpc) is 2.52. The molecule has 1 amide bonds. The Morgan fingerprint density at radius 2 is 2.31 bits per heavy atom. The third-order valence-electron chi connectivity index (χ3n) is 1.46. The number of nitrogens with zero attached hydrogens (tertiary/aromatic N) is 2. The third-order valence-corrected chi connectivity index (χ3v) is 2.20. The van der Waals surface area contributed by atoms with Crippen LogP contribution in [0.5, 0.6) is 0 Å². The topological polar surface area (TPSA) is 64.1 Å². The molecule has 5 nitrogen and oxygen atoms in total. The van der Waals surface area contributed by atoms with Crippen molar-refractivity contribution in [2.24, 2.45) is 0 Å². The molecule has 0 saturated heterocycles. The van der Waals surface area contributed by atoms with Crippen molar-refractivity contribution in [3.8, 4) is 0 Å². The van der Waals surface area contributed by atoms with Crippen LogP contribution in [0.15, 0.2) is 0 Å². The molecular formula is C7H11N3O2S. The van der Waals surface area contributed by atoms with Crippen LogP contribution in [0, 0.1) is 0 Å². The number of rotatable bonds is 3. The Balaban J connectivity index is 2.87. The van der Waals surface area contributed by atoms with E-state index in [0.717, 1.165) is 11.5 Å². The van der Waals surface area contributed by atoms with Crippen molar-refractivity contribution >= 4 is 17.4 Å². The second kappa shape index (κ2) is 4.29. The number of nitrogens with one attached hydrogen (secondary N) is 1. The van der Waals surface area contributed by atoms with Gasteiger partial charge in [0.15, 0.2) is 0 Å². The molecule has 1 N–H and O–H groups in total.